The topological polar surface area (TPSA) is 32.7 Å². The Kier molecular flexibility index (Phi) is 5.90. The van der Waals surface area contributed by atoms with E-state index in [1.54, 1.807) is 0 Å². The molecular formula is C29H33NO2. The van der Waals surface area contributed by atoms with Gasteiger partial charge in [0, 0.05) is 0 Å². The summed E-state index contributed by atoms with van der Waals surface area (Å²) in [6.07, 6.45) is 2.24. The predicted octanol–water partition coefficient (Wildman–Crippen LogP) is 5.22. The summed E-state index contributed by atoms with van der Waals surface area (Å²) in [4.78, 5) is 2.46. The van der Waals surface area contributed by atoms with E-state index in [2.05, 4.69) is 61.2 Å². The van der Waals surface area contributed by atoms with Crippen molar-refractivity contribution in [1.82, 2.24) is 4.90 Å². The van der Waals surface area contributed by atoms with Crippen LogP contribution in [-0.4, -0.2) is 35.2 Å². The summed E-state index contributed by atoms with van der Waals surface area (Å²) in [5, 5.41) is 12.5. The number of ether oxygens (including phenoxy) is 1. The average molecular weight is 428 g/mol. The quantitative estimate of drug-likeness (QED) is 0.585. The summed E-state index contributed by atoms with van der Waals surface area (Å²) < 4.78 is 6.71. The molecule has 0 amide bonds. The SMILES string of the molecule is Cc1cc(C)cc(COC2C3CCN(CC3)C2C(O)(c2ccccc2)c2ccccc2)c1. The van der Waals surface area contributed by atoms with Crippen molar-refractivity contribution in [2.24, 2.45) is 5.92 Å². The lowest BCUT2D eigenvalue weighted by molar-refractivity contribution is -0.172. The van der Waals surface area contributed by atoms with Crippen LogP contribution in [-0.2, 0) is 16.9 Å². The first-order valence-electron chi connectivity index (χ1n) is 11.8. The second-order valence-corrected chi connectivity index (χ2v) is 9.59. The molecule has 0 aliphatic carbocycles. The molecule has 3 aromatic rings. The van der Waals surface area contributed by atoms with Crippen LogP contribution >= 0.6 is 0 Å². The summed E-state index contributed by atoms with van der Waals surface area (Å²) in [6, 6.07) is 26.8. The molecule has 0 aromatic heterocycles. The summed E-state index contributed by atoms with van der Waals surface area (Å²) in [7, 11) is 0. The second-order valence-electron chi connectivity index (χ2n) is 9.59. The molecule has 2 unspecified atom stereocenters. The number of aliphatic hydroxyl groups is 1. The lowest BCUT2D eigenvalue weighted by Gasteiger charge is -2.56. The van der Waals surface area contributed by atoms with E-state index in [1.165, 1.54) is 16.7 Å². The van der Waals surface area contributed by atoms with E-state index in [9.17, 15) is 5.11 Å². The standard InChI is InChI=1S/C29H33NO2/c1-21-17-22(2)19-23(18-21)20-32-27-24-13-15-30(16-14-24)28(27)29(31,25-9-5-3-6-10-25)26-11-7-4-8-12-26/h3-12,17-19,24,27-28,31H,13-16,20H2,1-2H3. The van der Waals surface area contributed by atoms with Crippen molar-refractivity contribution in [3.8, 4) is 0 Å². The zero-order valence-electron chi connectivity index (χ0n) is 19.1. The fraction of sp³-hybridized carbons (Fsp3) is 0.379. The van der Waals surface area contributed by atoms with Gasteiger partial charge >= 0.3 is 0 Å². The monoisotopic (exact) mass is 427 g/mol. The molecule has 2 bridgehead atoms. The Morgan fingerprint density at radius 3 is 1.91 bits per heavy atom. The molecule has 1 N–H and O–H groups in total. The number of aryl methyl sites for hydroxylation is 2. The molecule has 3 heterocycles. The van der Waals surface area contributed by atoms with E-state index in [0.717, 1.165) is 37.1 Å². The van der Waals surface area contributed by atoms with Crippen molar-refractivity contribution >= 4 is 0 Å². The van der Waals surface area contributed by atoms with Crippen LogP contribution in [0.5, 0.6) is 0 Å². The van der Waals surface area contributed by atoms with Gasteiger partial charge in [-0.1, -0.05) is 90.0 Å². The molecule has 3 aliphatic rings. The van der Waals surface area contributed by atoms with Crippen molar-refractivity contribution in [1.29, 1.82) is 0 Å². The van der Waals surface area contributed by atoms with Gasteiger partial charge in [0.05, 0.1) is 18.8 Å². The highest BCUT2D eigenvalue weighted by Gasteiger charge is 2.54. The average Bonchev–Trinajstić information content (AvgIpc) is 2.83. The van der Waals surface area contributed by atoms with Gasteiger partial charge < -0.3 is 9.84 Å². The van der Waals surface area contributed by atoms with Crippen LogP contribution in [0.2, 0.25) is 0 Å². The Hall–Kier alpha value is -2.46. The van der Waals surface area contributed by atoms with Gasteiger partial charge in [0.2, 0.25) is 0 Å². The molecule has 32 heavy (non-hydrogen) atoms. The maximum Gasteiger partial charge on any atom is 0.133 e. The zero-order chi connectivity index (χ0) is 22.1. The van der Waals surface area contributed by atoms with Crippen LogP contribution in [0.3, 0.4) is 0 Å². The molecule has 2 atom stereocenters. The van der Waals surface area contributed by atoms with Crippen LogP contribution in [0.1, 0.15) is 40.7 Å². The van der Waals surface area contributed by atoms with Crippen molar-refractivity contribution in [3.63, 3.8) is 0 Å². The number of nitrogens with zero attached hydrogens (tertiary/aromatic N) is 1. The fourth-order valence-electron chi connectivity index (χ4n) is 5.96. The Morgan fingerprint density at radius 2 is 1.38 bits per heavy atom. The van der Waals surface area contributed by atoms with Crippen LogP contribution in [0, 0.1) is 19.8 Å². The number of hydrogen-bond acceptors (Lipinski definition) is 3. The normalized spacial score (nSPS) is 25.1. The molecule has 6 rings (SSSR count). The Labute approximate surface area is 191 Å². The second kappa shape index (κ2) is 8.82. The Bertz CT molecular complexity index is 982. The van der Waals surface area contributed by atoms with Crippen LogP contribution < -0.4 is 0 Å². The molecule has 3 nitrogen and oxygen atoms in total. The molecular weight excluding hydrogens is 394 g/mol. The molecule has 3 aromatic carbocycles. The minimum Gasteiger partial charge on any atom is -0.379 e. The van der Waals surface area contributed by atoms with E-state index in [4.69, 9.17) is 4.74 Å². The summed E-state index contributed by atoms with van der Waals surface area (Å²) in [6.45, 7) is 6.88. The van der Waals surface area contributed by atoms with Crippen molar-refractivity contribution < 1.29 is 9.84 Å². The third kappa shape index (κ3) is 3.90. The van der Waals surface area contributed by atoms with E-state index >= 15 is 0 Å². The molecule has 3 aliphatic heterocycles. The highest BCUT2D eigenvalue weighted by atomic mass is 16.5. The highest BCUT2D eigenvalue weighted by molar-refractivity contribution is 5.39. The minimum atomic E-state index is -1.13. The van der Waals surface area contributed by atoms with Gasteiger partial charge in [-0.2, -0.15) is 0 Å². The summed E-state index contributed by atoms with van der Waals surface area (Å²) in [5.74, 6) is 0.467. The van der Waals surface area contributed by atoms with E-state index in [-0.39, 0.29) is 12.1 Å². The van der Waals surface area contributed by atoms with Crippen molar-refractivity contribution in [2.75, 3.05) is 13.1 Å². The third-order valence-electron chi connectivity index (χ3n) is 7.32. The Morgan fingerprint density at radius 1 is 0.844 bits per heavy atom. The molecule has 3 saturated heterocycles. The molecule has 3 fully saturated rings. The molecule has 0 radical (unpaired) electrons. The number of rotatable bonds is 6. The number of benzene rings is 3. The van der Waals surface area contributed by atoms with Crippen molar-refractivity contribution in [2.45, 2.75) is 51.0 Å². The molecule has 0 saturated carbocycles. The first-order valence-corrected chi connectivity index (χ1v) is 11.8. The maximum atomic E-state index is 12.5. The Balaban J connectivity index is 1.54. The molecule has 0 spiro atoms. The number of hydrogen-bond donors (Lipinski definition) is 1. The first-order chi connectivity index (χ1) is 15.6. The maximum absolute atomic E-state index is 12.5. The van der Waals surface area contributed by atoms with Crippen LogP contribution in [0.4, 0.5) is 0 Å². The highest BCUT2D eigenvalue weighted by Crippen LogP contribution is 2.46. The van der Waals surface area contributed by atoms with E-state index in [0.29, 0.717) is 12.5 Å². The lowest BCUT2D eigenvalue weighted by atomic mass is 9.69. The van der Waals surface area contributed by atoms with Crippen molar-refractivity contribution in [3.05, 3.63) is 107 Å². The van der Waals surface area contributed by atoms with E-state index < -0.39 is 5.60 Å². The van der Waals surface area contributed by atoms with E-state index in [1.807, 2.05) is 36.4 Å². The third-order valence-corrected chi connectivity index (χ3v) is 7.32. The minimum absolute atomic E-state index is 0.0243. The van der Waals surface area contributed by atoms with Gasteiger partial charge in [0.1, 0.15) is 5.60 Å². The number of fused-ring (bicyclic) bond motifs is 3. The lowest BCUT2D eigenvalue weighted by Crippen LogP contribution is -2.66. The smallest absolute Gasteiger partial charge is 0.133 e. The van der Waals surface area contributed by atoms with Gasteiger partial charge in [-0.3, -0.25) is 4.90 Å². The van der Waals surface area contributed by atoms with Gasteiger partial charge in [-0.05, 0) is 62.4 Å². The first kappa shape index (κ1) is 21.4. The van der Waals surface area contributed by atoms with Gasteiger partial charge in [0.15, 0.2) is 0 Å². The van der Waals surface area contributed by atoms with Gasteiger partial charge in [-0.15, -0.1) is 0 Å². The summed E-state index contributed by atoms with van der Waals surface area (Å²) >= 11 is 0. The van der Waals surface area contributed by atoms with Crippen LogP contribution in [0.25, 0.3) is 0 Å². The number of piperidine rings is 3. The zero-order valence-corrected chi connectivity index (χ0v) is 19.1. The largest absolute Gasteiger partial charge is 0.379 e. The van der Waals surface area contributed by atoms with Gasteiger partial charge in [-0.25, -0.2) is 0 Å². The summed E-state index contributed by atoms with van der Waals surface area (Å²) in [5.41, 5.74) is 4.47. The van der Waals surface area contributed by atoms with Gasteiger partial charge in [0.25, 0.3) is 0 Å². The molecule has 166 valence electrons. The van der Waals surface area contributed by atoms with Crippen LogP contribution in [0.15, 0.2) is 78.9 Å². The molecule has 3 heteroatoms. The fourth-order valence-corrected chi connectivity index (χ4v) is 5.96. The predicted molar refractivity (Wildman–Crippen MR) is 128 cm³/mol.